The Bertz CT molecular complexity index is 613. The average molecular weight is 306 g/mol. The Labute approximate surface area is 125 Å². The molecule has 21 heavy (non-hydrogen) atoms. The van der Waals surface area contributed by atoms with Crippen molar-refractivity contribution in [1.82, 2.24) is 15.1 Å². The van der Waals surface area contributed by atoms with Crippen LogP contribution < -0.4 is 5.32 Å². The summed E-state index contributed by atoms with van der Waals surface area (Å²) in [5.41, 5.74) is 0. The number of aromatic nitrogens is 2. The first-order valence-corrected chi connectivity index (χ1v) is 7.48. The Morgan fingerprint density at radius 1 is 1.29 bits per heavy atom. The van der Waals surface area contributed by atoms with Gasteiger partial charge < -0.3 is 0 Å². The van der Waals surface area contributed by atoms with Crippen molar-refractivity contribution in [2.75, 3.05) is 11.9 Å². The van der Waals surface area contributed by atoms with Crippen LogP contribution in [0.15, 0.2) is 12.2 Å². The van der Waals surface area contributed by atoms with E-state index in [1.807, 2.05) is 12.2 Å². The zero-order valence-corrected chi connectivity index (χ0v) is 12.2. The van der Waals surface area contributed by atoms with Crippen molar-refractivity contribution >= 4 is 34.2 Å². The van der Waals surface area contributed by atoms with Crippen LogP contribution in [0.4, 0.5) is 5.13 Å². The topological polar surface area (TPSA) is 92.3 Å². The fourth-order valence-electron chi connectivity index (χ4n) is 2.67. The summed E-state index contributed by atoms with van der Waals surface area (Å²) in [6.07, 6.45) is 4.98. The van der Waals surface area contributed by atoms with Crippen molar-refractivity contribution in [3.8, 4) is 0 Å². The Hall–Kier alpha value is -2.09. The van der Waals surface area contributed by atoms with E-state index in [-0.39, 0.29) is 30.2 Å². The van der Waals surface area contributed by atoms with Gasteiger partial charge in [-0.15, -0.1) is 10.2 Å². The second-order valence-corrected chi connectivity index (χ2v) is 6.27. The predicted octanol–water partition coefficient (Wildman–Crippen LogP) is 0.736. The van der Waals surface area contributed by atoms with E-state index in [4.69, 9.17) is 0 Å². The molecule has 0 radical (unpaired) electrons. The smallest absolute Gasteiger partial charge is 0.246 e. The summed E-state index contributed by atoms with van der Waals surface area (Å²) < 4.78 is 0. The Morgan fingerprint density at radius 2 is 1.90 bits per heavy atom. The second-order valence-electron chi connectivity index (χ2n) is 5.09. The molecular weight excluding hydrogens is 292 g/mol. The number of nitrogens with zero attached hydrogens (tertiary/aromatic N) is 3. The third-order valence-electron chi connectivity index (χ3n) is 3.67. The Morgan fingerprint density at radius 3 is 2.43 bits per heavy atom. The molecule has 8 heteroatoms. The molecule has 3 rings (SSSR count). The van der Waals surface area contributed by atoms with Crippen LogP contribution in [-0.2, 0) is 14.4 Å². The number of anilines is 1. The standard InChI is InChI=1S/C13H14N4O3S/c1-7-15-16-13(21-7)14-10(18)6-17-11(19)8-4-2-3-5-9(8)12(17)20/h2-3,8-9H,4-6H2,1H3,(H,14,16,18)/t8-,9+. The zero-order chi connectivity index (χ0) is 15.0. The summed E-state index contributed by atoms with van der Waals surface area (Å²) in [4.78, 5) is 37.4. The molecule has 1 aliphatic carbocycles. The number of hydrogen-bond acceptors (Lipinski definition) is 6. The lowest BCUT2D eigenvalue weighted by molar-refractivity contribution is -0.142. The maximum Gasteiger partial charge on any atom is 0.246 e. The van der Waals surface area contributed by atoms with E-state index in [9.17, 15) is 14.4 Å². The molecule has 3 amide bonds. The first-order valence-electron chi connectivity index (χ1n) is 6.66. The molecule has 1 aliphatic heterocycles. The van der Waals surface area contributed by atoms with E-state index in [1.165, 1.54) is 11.3 Å². The minimum atomic E-state index is -0.431. The van der Waals surface area contributed by atoms with Crippen molar-refractivity contribution in [2.24, 2.45) is 11.8 Å². The highest BCUT2D eigenvalue weighted by Crippen LogP contribution is 2.34. The molecule has 0 aromatic carbocycles. The Balaban J connectivity index is 1.66. The van der Waals surface area contributed by atoms with Gasteiger partial charge in [0.15, 0.2) is 0 Å². The van der Waals surface area contributed by atoms with Crippen LogP contribution in [0, 0.1) is 18.8 Å². The monoisotopic (exact) mass is 306 g/mol. The highest BCUT2D eigenvalue weighted by Gasteiger charge is 2.47. The number of nitrogens with one attached hydrogen (secondary N) is 1. The van der Waals surface area contributed by atoms with Crippen LogP contribution in [0.1, 0.15) is 17.8 Å². The number of rotatable bonds is 3. The van der Waals surface area contributed by atoms with Gasteiger partial charge in [0.1, 0.15) is 11.6 Å². The Kier molecular flexibility index (Phi) is 3.54. The molecule has 2 heterocycles. The number of aryl methyl sites for hydroxylation is 1. The van der Waals surface area contributed by atoms with E-state index in [0.717, 1.165) is 9.91 Å². The number of hydrogen-bond donors (Lipinski definition) is 1. The van der Waals surface area contributed by atoms with Gasteiger partial charge in [-0.05, 0) is 19.8 Å². The summed E-state index contributed by atoms with van der Waals surface area (Å²) in [5, 5.41) is 11.2. The first-order chi connectivity index (χ1) is 10.1. The molecule has 110 valence electrons. The molecule has 0 spiro atoms. The third kappa shape index (κ3) is 2.58. The molecule has 0 unspecified atom stereocenters. The number of carbonyl (C=O) groups excluding carboxylic acids is 3. The van der Waals surface area contributed by atoms with E-state index >= 15 is 0 Å². The van der Waals surface area contributed by atoms with Crippen LogP contribution in [-0.4, -0.2) is 39.4 Å². The predicted molar refractivity (Wildman–Crippen MR) is 75.3 cm³/mol. The number of amides is 3. The van der Waals surface area contributed by atoms with Gasteiger partial charge in [-0.3, -0.25) is 24.6 Å². The highest BCUT2D eigenvalue weighted by atomic mass is 32.1. The summed E-state index contributed by atoms with van der Waals surface area (Å²) in [7, 11) is 0. The van der Waals surface area contributed by atoms with Crippen LogP contribution in [0.3, 0.4) is 0 Å². The molecule has 0 saturated carbocycles. The molecule has 1 saturated heterocycles. The molecule has 7 nitrogen and oxygen atoms in total. The SMILES string of the molecule is Cc1nnc(NC(=O)CN2C(=O)[C@H]3CC=CC[C@H]3C2=O)s1. The van der Waals surface area contributed by atoms with E-state index in [2.05, 4.69) is 15.5 Å². The molecule has 1 aromatic rings. The lowest BCUT2D eigenvalue weighted by Gasteiger charge is -2.14. The van der Waals surface area contributed by atoms with Gasteiger partial charge in [0.2, 0.25) is 22.9 Å². The molecule has 1 aromatic heterocycles. The normalized spacial score (nSPS) is 24.3. The van der Waals surface area contributed by atoms with Gasteiger partial charge in [-0.1, -0.05) is 23.5 Å². The van der Waals surface area contributed by atoms with Crippen molar-refractivity contribution in [1.29, 1.82) is 0 Å². The van der Waals surface area contributed by atoms with Gasteiger partial charge in [-0.2, -0.15) is 0 Å². The zero-order valence-electron chi connectivity index (χ0n) is 11.4. The van der Waals surface area contributed by atoms with E-state index in [0.29, 0.717) is 18.0 Å². The summed E-state index contributed by atoms with van der Waals surface area (Å²) in [5.74, 6) is -1.55. The van der Waals surface area contributed by atoms with Gasteiger partial charge in [0, 0.05) is 0 Å². The van der Waals surface area contributed by atoms with E-state index < -0.39 is 5.91 Å². The van der Waals surface area contributed by atoms with Crippen molar-refractivity contribution in [2.45, 2.75) is 19.8 Å². The number of fused-ring (bicyclic) bond motifs is 1. The summed E-state index contributed by atoms with van der Waals surface area (Å²) in [6.45, 7) is 1.52. The van der Waals surface area contributed by atoms with Crippen LogP contribution in [0.2, 0.25) is 0 Å². The minimum absolute atomic E-state index is 0.252. The van der Waals surface area contributed by atoms with Gasteiger partial charge in [0.05, 0.1) is 11.8 Å². The largest absolute Gasteiger partial charge is 0.299 e. The summed E-state index contributed by atoms with van der Waals surface area (Å²) in [6, 6.07) is 0. The molecule has 1 fully saturated rings. The summed E-state index contributed by atoms with van der Waals surface area (Å²) >= 11 is 1.24. The number of allylic oxidation sites excluding steroid dienone is 2. The van der Waals surface area contributed by atoms with Gasteiger partial charge in [0.25, 0.3) is 0 Å². The lowest BCUT2D eigenvalue weighted by atomic mass is 9.85. The number of imide groups is 1. The number of carbonyl (C=O) groups is 3. The van der Waals surface area contributed by atoms with Crippen molar-refractivity contribution < 1.29 is 14.4 Å². The lowest BCUT2D eigenvalue weighted by Crippen LogP contribution is -2.38. The molecule has 2 aliphatic rings. The quantitative estimate of drug-likeness (QED) is 0.656. The van der Waals surface area contributed by atoms with Crippen LogP contribution in [0.5, 0.6) is 0 Å². The third-order valence-corrected chi connectivity index (χ3v) is 4.43. The molecule has 0 bridgehead atoms. The van der Waals surface area contributed by atoms with Crippen LogP contribution in [0.25, 0.3) is 0 Å². The van der Waals surface area contributed by atoms with Crippen molar-refractivity contribution in [3.63, 3.8) is 0 Å². The average Bonchev–Trinajstić information content (AvgIpc) is 2.97. The van der Waals surface area contributed by atoms with Gasteiger partial charge in [-0.25, -0.2) is 0 Å². The van der Waals surface area contributed by atoms with Crippen molar-refractivity contribution in [3.05, 3.63) is 17.2 Å². The molecule has 2 atom stereocenters. The fourth-order valence-corrected chi connectivity index (χ4v) is 3.28. The maximum absolute atomic E-state index is 12.2. The highest BCUT2D eigenvalue weighted by molar-refractivity contribution is 7.15. The molecule has 1 N–H and O–H groups in total. The number of likely N-dealkylation sites (tertiary alicyclic amines) is 1. The second kappa shape index (κ2) is 5.36. The van der Waals surface area contributed by atoms with Gasteiger partial charge >= 0.3 is 0 Å². The maximum atomic E-state index is 12.2. The van der Waals surface area contributed by atoms with E-state index in [1.54, 1.807) is 6.92 Å². The molecular formula is C13H14N4O3S. The fraction of sp³-hybridized carbons (Fsp3) is 0.462. The first kappa shape index (κ1) is 13.9. The minimum Gasteiger partial charge on any atom is -0.299 e. The van der Waals surface area contributed by atoms with Crippen LogP contribution >= 0.6 is 11.3 Å².